The Bertz CT molecular complexity index is 803. The third-order valence-corrected chi connectivity index (χ3v) is 3.55. The van der Waals surface area contributed by atoms with Crippen molar-refractivity contribution in [3.8, 4) is 0 Å². The zero-order valence-electron chi connectivity index (χ0n) is 13.0. The van der Waals surface area contributed by atoms with Crippen molar-refractivity contribution in [3.63, 3.8) is 0 Å². The molecule has 0 aromatic heterocycles. The van der Waals surface area contributed by atoms with E-state index < -0.39 is 0 Å². The lowest BCUT2D eigenvalue weighted by molar-refractivity contribution is 0.0975. The minimum atomic E-state index is -0.279. The second kappa shape index (κ2) is 8.48. The molecule has 4 nitrogen and oxygen atoms in total. The number of aldehydes is 2. The van der Waals surface area contributed by atoms with E-state index in [2.05, 4.69) is 0 Å². The van der Waals surface area contributed by atoms with Crippen LogP contribution >= 0.6 is 0 Å². The highest BCUT2D eigenvalue weighted by molar-refractivity contribution is 6.09. The molecule has 0 saturated heterocycles. The molecule has 0 unspecified atom stereocenters. The van der Waals surface area contributed by atoms with Crippen LogP contribution in [0.2, 0.25) is 0 Å². The van der Waals surface area contributed by atoms with Crippen LogP contribution in [0.4, 0.5) is 0 Å². The van der Waals surface area contributed by atoms with Gasteiger partial charge < -0.3 is 0 Å². The van der Waals surface area contributed by atoms with Crippen LogP contribution in [-0.2, 0) is 0 Å². The van der Waals surface area contributed by atoms with Crippen LogP contribution in [0, 0.1) is 0 Å². The Hall–Kier alpha value is -3.14. The molecule has 0 amide bonds. The predicted octanol–water partition coefficient (Wildman–Crippen LogP) is 3.71. The van der Waals surface area contributed by atoms with Gasteiger partial charge in [0.25, 0.3) is 0 Å². The number of allylic oxidation sites excluding steroid dienone is 2. The first-order valence-electron chi connectivity index (χ1n) is 7.50. The first-order valence-corrected chi connectivity index (χ1v) is 7.50. The third-order valence-electron chi connectivity index (χ3n) is 3.55. The molecule has 0 N–H and O–H groups in total. The smallest absolute Gasteiger partial charge is 0.186 e. The summed E-state index contributed by atoms with van der Waals surface area (Å²) in [4.78, 5) is 46.0. The molecule has 0 aliphatic carbocycles. The van der Waals surface area contributed by atoms with Crippen LogP contribution in [0.1, 0.15) is 54.3 Å². The SMILES string of the molecule is O=Cc1ccccc1C(=O)C=CCCC(=O)c1ccccc1C=O. The average Bonchev–Trinajstić information content (AvgIpc) is 2.64. The fourth-order valence-electron chi connectivity index (χ4n) is 2.31. The van der Waals surface area contributed by atoms with Gasteiger partial charge in [-0.15, -0.1) is 0 Å². The molecule has 2 aromatic rings. The lowest BCUT2D eigenvalue weighted by Crippen LogP contribution is -2.03. The van der Waals surface area contributed by atoms with Gasteiger partial charge in [0.15, 0.2) is 24.1 Å². The Morgan fingerprint density at radius 1 is 0.792 bits per heavy atom. The van der Waals surface area contributed by atoms with Gasteiger partial charge in [-0.05, 0) is 12.5 Å². The van der Waals surface area contributed by atoms with Crippen LogP contribution in [0.5, 0.6) is 0 Å². The molecule has 0 aliphatic rings. The van der Waals surface area contributed by atoms with E-state index in [0.717, 1.165) is 0 Å². The Balaban J connectivity index is 1.97. The normalized spacial score (nSPS) is 10.5. The lowest BCUT2D eigenvalue weighted by Gasteiger charge is -2.02. The first-order chi connectivity index (χ1) is 11.7. The summed E-state index contributed by atoms with van der Waals surface area (Å²) in [5, 5.41) is 0. The first kappa shape index (κ1) is 17.2. The molecule has 0 aliphatic heterocycles. The summed E-state index contributed by atoms with van der Waals surface area (Å²) in [5.41, 5.74) is 1.42. The zero-order valence-corrected chi connectivity index (χ0v) is 13.0. The van der Waals surface area contributed by atoms with E-state index in [4.69, 9.17) is 0 Å². The Kier molecular flexibility index (Phi) is 6.08. The largest absolute Gasteiger partial charge is 0.298 e. The van der Waals surface area contributed by atoms with Crippen molar-refractivity contribution in [3.05, 3.63) is 82.9 Å². The van der Waals surface area contributed by atoms with Gasteiger partial charge >= 0.3 is 0 Å². The molecule has 120 valence electrons. The van der Waals surface area contributed by atoms with Crippen molar-refractivity contribution < 1.29 is 19.2 Å². The highest BCUT2D eigenvalue weighted by Gasteiger charge is 2.10. The van der Waals surface area contributed by atoms with Crippen LogP contribution in [0.3, 0.4) is 0 Å². The molecule has 0 atom stereocenters. The van der Waals surface area contributed by atoms with Gasteiger partial charge in [-0.3, -0.25) is 19.2 Å². The van der Waals surface area contributed by atoms with Crippen LogP contribution in [0.25, 0.3) is 0 Å². The summed E-state index contributed by atoms with van der Waals surface area (Å²) in [6.07, 6.45) is 4.83. The van der Waals surface area contributed by atoms with Crippen molar-refractivity contribution in [2.24, 2.45) is 0 Å². The number of ketones is 2. The van der Waals surface area contributed by atoms with E-state index in [-0.39, 0.29) is 18.0 Å². The molecule has 0 fully saturated rings. The van der Waals surface area contributed by atoms with Crippen molar-refractivity contribution >= 4 is 24.1 Å². The number of Topliss-reactive ketones (excluding diaryl/α,β-unsaturated/α-hetero) is 1. The van der Waals surface area contributed by atoms with Gasteiger partial charge in [0.2, 0.25) is 0 Å². The summed E-state index contributed by atoms with van der Waals surface area (Å²) in [7, 11) is 0. The summed E-state index contributed by atoms with van der Waals surface area (Å²) in [5.74, 6) is -0.429. The maximum atomic E-state index is 12.1. The quantitative estimate of drug-likeness (QED) is 0.422. The van der Waals surface area contributed by atoms with E-state index in [9.17, 15) is 19.2 Å². The van der Waals surface area contributed by atoms with Crippen molar-refractivity contribution in [1.82, 2.24) is 0 Å². The maximum absolute atomic E-state index is 12.1. The second-order valence-electron chi connectivity index (χ2n) is 5.14. The molecule has 0 radical (unpaired) electrons. The highest BCUT2D eigenvalue weighted by Crippen LogP contribution is 2.12. The molecule has 0 saturated carbocycles. The van der Waals surface area contributed by atoms with Gasteiger partial charge in [-0.1, -0.05) is 54.6 Å². The van der Waals surface area contributed by atoms with Gasteiger partial charge in [0.1, 0.15) is 0 Å². The number of carbonyl (C=O) groups is 4. The number of carbonyl (C=O) groups excluding carboxylic acids is 4. The molecular weight excluding hydrogens is 304 g/mol. The summed E-state index contributed by atoms with van der Waals surface area (Å²) in [6, 6.07) is 13.1. The van der Waals surface area contributed by atoms with Gasteiger partial charge in [0.05, 0.1) is 0 Å². The molecule has 4 heteroatoms. The van der Waals surface area contributed by atoms with E-state index in [0.29, 0.717) is 41.2 Å². The lowest BCUT2D eigenvalue weighted by atomic mass is 10.0. The van der Waals surface area contributed by atoms with Gasteiger partial charge in [0, 0.05) is 28.7 Å². The Labute approximate surface area is 139 Å². The van der Waals surface area contributed by atoms with E-state index >= 15 is 0 Å². The van der Waals surface area contributed by atoms with Crippen molar-refractivity contribution in [1.29, 1.82) is 0 Å². The maximum Gasteiger partial charge on any atom is 0.186 e. The summed E-state index contributed by atoms with van der Waals surface area (Å²) in [6.45, 7) is 0. The predicted molar refractivity (Wildman–Crippen MR) is 90.7 cm³/mol. The number of benzene rings is 2. The average molecular weight is 320 g/mol. The zero-order chi connectivity index (χ0) is 17.4. The van der Waals surface area contributed by atoms with Crippen molar-refractivity contribution in [2.45, 2.75) is 12.8 Å². The van der Waals surface area contributed by atoms with Gasteiger partial charge in [-0.2, -0.15) is 0 Å². The number of rotatable bonds is 8. The third kappa shape index (κ3) is 4.20. The minimum absolute atomic E-state index is 0.150. The number of hydrogen-bond acceptors (Lipinski definition) is 4. The Morgan fingerprint density at radius 2 is 1.33 bits per heavy atom. The molecule has 2 rings (SSSR count). The number of hydrogen-bond donors (Lipinski definition) is 0. The summed E-state index contributed by atoms with van der Waals surface area (Å²) >= 11 is 0. The van der Waals surface area contributed by atoms with E-state index in [1.54, 1.807) is 54.6 Å². The fraction of sp³-hybridized carbons (Fsp3) is 0.100. The van der Waals surface area contributed by atoms with Crippen LogP contribution in [0.15, 0.2) is 60.7 Å². The second-order valence-corrected chi connectivity index (χ2v) is 5.14. The van der Waals surface area contributed by atoms with Gasteiger partial charge in [-0.25, -0.2) is 0 Å². The van der Waals surface area contributed by atoms with E-state index in [1.165, 1.54) is 6.08 Å². The molecule has 0 heterocycles. The summed E-state index contributed by atoms with van der Waals surface area (Å²) < 4.78 is 0. The molecule has 2 aromatic carbocycles. The topological polar surface area (TPSA) is 68.3 Å². The van der Waals surface area contributed by atoms with Crippen molar-refractivity contribution in [2.75, 3.05) is 0 Å². The van der Waals surface area contributed by atoms with E-state index in [1.807, 2.05) is 0 Å². The van der Waals surface area contributed by atoms with Crippen LogP contribution < -0.4 is 0 Å². The molecule has 24 heavy (non-hydrogen) atoms. The Morgan fingerprint density at radius 3 is 1.96 bits per heavy atom. The van der Waals surface area contributed by atoms with Crippen LogP contribution in [-0.4, -0.2) is 24.1 Å². The standard InChI is InChI=1S/C20H16O4/c21-13-15-7-1-3-9-17(15)19(23)11-5-6-12-20(24)18-10-4-2-8-16(18)14-22/h1-5,7-11,13-14H,6,12H2. The molecule has 0 spiro atoms. The fourth-order valence-corrected chi connectivity index (χ4v) is 2.31. The molecule has 0 bridgehead atoms. The highest BCUT2D eigenvalue weighted by atomic mass is 16.1. The molecular formula is C20H16O4. The minimum Gasteiger partial charge on any atom is -0.298 e. The monoisotopic (exact) mass is 320 g/mol.